The Balaban J connectivity index is 1.43. The minimum Gasteiger partial charge on any atom is -0.340 e. The van der Waals surface area contributed by atoms with Gasteiger partial charge in [-0.15, -0.1) is 0 Å². The molecule has 1 aliphatic heterocycles. The van der Waals surface area contributed by atoms with Crippen LogP contribution >= 0.6 is 0 Å². The van der Waals surface area contributed by atoms with Crippen molar-refractivity contribution in [2.24, 2.45) is 5.92 Å². The van der Waals surface area contributed by atoms with Crippen LogP contribution in [0.4, 0.5) is 0 Å². The van der Waals surface area contributed by atoms with E-state index < -0.39 is 0 Å². The first-order chi connectivity index (χ1) is 11.1. The van der Waals surface area contributed by atoms with Gasteiger partial charge in [-0.05, 0) is 32.8 Å². The van der Waals surface area contributed by atoms with Crippen LogP contribution in [0.5, 0.6) is 0 Å². The van der Waals surface area contributed by atoms with Crippen LogP contribution < -0.4 is 0 Å². The van der Waals surface area contributed by atoms with Gasteiger partial charge in [0, 0.05) is 44.3 Å². The van der Waals surface area contributed by atoms with Gasteiger partial charge in [0.1, 0.15) is 0 Å². The summed E-state index contributed by atoms with van der Waals surface area (Å²) >= 11 is 0. The van der Waals surface area contributed by atoms with Crippen molar-refractivity contribution in [3.05, 3.63) is 17.5 Å². The molecule has 5 nitrogen and oxygen atoms in total. The van der Waals surface area contributed by atoms with E-state index in [-0.39, 0.29) is 0 Å². The molecular weight excluding hydrogens is 288 g/mol. The average molecular weight is 318 g/mol. The SMILES string of the molecule is Cc1cc(C)n(CCN2CCN(C(=O)C3CCCCC3)CC2)n1. The molecule has 1 aromatic rings. The number of hydrogen-bond acceptors (Lipinski definition) is 3. The molecule has 1 aromatic heterocycles. The smallest absolute Gasteiger partial charge is 0.225 e. The Kier molecular flexibility index (Phi) is 5.36. The number of aryl methyl sites for hydroxylation is 2. The van der Waals surface area contributed by atoms with Gasteiger partial charge in [0.25, 0.3) is 0 Å². The number of nitrogens with zero attached hydrogens (tertiary/aromatic N) is 4. The first kappa shape index (κ1) is 16.5. The Hall–Kier alpha value is -1.36. The lowest BCUT2D eigenvalue weighted by Crippen LogP contribution is -2.51. The van der Waals surface area contributed by atoms with E-state index in [0.29, 0.717) is 11.8 Å². The molecule has 0 N–H and O–H groups in total. The lowest BCUT2D eigenvalue weighted by Gasteiger charge is -2.37. The van der Waals surface area contributed by atoms with Crippen molar-refractivity contribution in [3.63, 3.8) is 0 Å². The van der Waals surface area contributed by atoms with E-state index in [4.69, 9.17) is 0 Å². The number of piperazine rings is 1. The fourth-order valence-electron chi connectivity index (χ4n) is 3.94. The fraction of sp³-hybridized carbons (Fsp3) is 0.778. The molecule has 1 aliphatic carbocycles. The monoisotopic (exact) mass is 318 g/mol. The van der Waals surface area contributed by atoms with Crippen LogP contribution in [-0.2, 0) is 11.3 Å². The summed E-state index contributed by atoms with van der Waals surface area (Å²) in [5, 5.41) is 4.52. The third-order valence-electron chi connectivity index (χ3n) is 5.37. The van der Waals surface area contributed by atoms with E-state index in [1.807, 2.05) is 6.92 Å². The molecule has 0 atom stereocenters. The van der Waals surface area contributed by atoms with Gasteiger partial charge in [0.15, 0.2) is 0 Å². The normalized spacial score (nSPS) is 20.9. The van der Waals surface area contributed by atoms with E-state index in [1.165, 1.54) is 25.0 Å². The van der Waals surface area contributed by atoms with Crippen LogP contribution in [0.3, 0.4) is 0 Å². The summed E-state index contributed by atoms with van der Waals surface area (Å²) in [4.78, 5) is 17.1. The van der Waals surface area contributed by atoms with Gasteiger partial charge in [-0.25, -0.2) is 0 Å². The third kappa shape index (κ3) is 4.14. The maximum absolute atomic E-state index is 12.6. The van der Waals surface area contributed by atoms with E-state index in [0.717, 1.165) is 57.8 Å². The van der Waals surface area contributed by atoms with E-state index in [9.17, 15) is 4.79 Å². The van der Waals surface area contributed by atoms with Crippen LogP contribution in [0.15, 0.2) is 6.07 Å². The summed E-state index contributed by atoms with van der Waals surface area (Å²) < 4.78 is 2.09. The molecule has 1 saturated heterocycles. The average Bonchev–Trinajstić information content (AvgIpc) is 2.91. The molecule has 0 unspecified atom stereocenters. The summed E-state index contributed by atoms with van der Waals surface area (Å²) in [5.74, 6) is 0.730. The second-order valence-corrected chi connectivity index (χ2v) is 7.15. The molecular formula is C18H30N4O. The number of hydrogen-bond donors (Lipinski definition) is 0. The van der Waals surface area contributed by atoms with E-state index >= 15 is 0 Å². The number of amides is 1. The van der Waals surface area contributed by atoms with Gasteiger partial charge < -0.3 is 4.90 Å². The number of aromatic nitrogens is 2. The van der Waals surface area contributed by atoms with Gasteiger partial charge in [0.2, 0.25) is 5.91 Å². The Labute approximate surface area is 139 Å². The lowest BCUT2D eigenvalue weighted by atomic mass is 9.88. The second kappa shape index (κ2) is 7.47. The largest absolute Gasteiger partial charge is 0.340 e. The topological polar surface area (TPSA) is 41.4 Å². The van der Waals surface area contributed by atoms with Crippen molar-refractivity contribution in [1.29, 1.82) is 0 Å². The first-order valence-electron chi connectivity index (χ1n) is 9.15. The molecule has 0 aromatic carbocycles. The van der Waals surface area contributed by atoms with Crippen LogP contribution in [-0.4, -0.2) is 58.2 Å². The first-order valence-corrected chi connectivity index (χ1v) is 9.15. The van der Waals surface area contributed by atoms with Crippen molar-refractivity contribution >= 4 is 5.91 Å². The molecule has 5 heteroatoms. The van der Waals surface area contributed by atoms with Gasteiger partial charge >= 0.3 is 0 Å². The fourth-order valence-corrected chi connectivity index (χ4v) is 3.94. The van der Waals surface area contributed by atoms with E-state index in [2.05, 4.69) is 32.6 Å². The van der Waals surface area contributed by atoms with Crippen LogP contribution in [0.2, 0.25) is 0 Å². The number of rotatable bonds is 4. The highest BCUT2D eigenvalue weighted by Crippen LogP contribution is 2.25. The standard InChI is InChI=1S/C18H30N4O/c1-15-14-16(2)22(19-15)13-10-20-8-11-21(12-9-20)18(23)17-6-4-3-5-7-17/h14,17H,3-13H2,1-2H3. The molecule has 1 amide bonds. The summed E-state index contributed by atoms with van der Waals surface area (Å²) in [5.41, 5.74) is 2.32. The zero-order valence-corrected chi connectivity index (χ0v) is 14.6. The highest BCUT2D eigenvalue weighted by molar-refractivity contribution is 5.79. The summed E-state index contributed by atoms with van der Waals surface area (Å²) in [6.45, 7) is 9.90. The second-order valence-electron chi connectivity index (χ2n) is 7.15. The minimum absolute atomic E-state index is 0.310. The quantitative estimate of drug-likeness (QED) is 0.855. The molecule has 0 spiro atoms. The van der Waals surface area contributed by atoms with Gasteiger partial charge in [-0.1, -0.05) is 19.3 Å². The maximum atomic E-state index is 12.6. The van der Waals surface area contributed by atoms with Crippen LogP contribution in [0.25, 0.3) is 0 Å². The van der Waals surface area contributed by atoms with E-state index in [1.54, 1.807) is 0 Å². The van der Waals surface area contributed by atoms with Gasteiger partial charge in [0.05, 0.1) is 12.2 Å². The Morgan fingerprint density at radius 3 is 2.39 bits per heavy atom. The van der Waals surface area contributed by atoms with Crippen molar-refractivity contribution in [2.45, 2.75) is 52.5 Å². The zero-order chi connectivity index (χ0) is 16.2. The van der Waals surface area contributed by atoms with Gasteiger partial charge in [-0.3, -0.25) is 14.4 Å². The molecule has 0 radical (unpaired) electrons. The molecule has 2 fully saturated rings. The Morgan fingerprint density at radius 1 is 1.09 bits per heavy atom. The predicted octanol–water partition coefficient (Wildman–Crippen LogP) is 2.22. The van der Waals surface area contributed by atoms with Crippen molar-refractivity contribution in [2.75, 3.05) is 32.7 Å². The highest BCUT2D eigenvalue weighted by atomic mass is 16.2. The van der Waals surface area contributed by atoms with Crippen LogP contribution in [0.1, 0.15) is 43.5 Å². The van der Waals surface area contributed by atoms with Crippen LogP contribution in [0, 0.1) is 19.8 Å². The zero-order valence-electron chi connectivity index (χ0n) is 14.6. The van der Waals surface area contributed by atoms with Gasteiger partial charge in [-0.2, -0.15) is 5.10 Å². The number of carbonyl (C=O) groups excluding carboxylic acids is 1. The van der Waals surface area contributed by atoms with Crippen molar-refractivity contribution in [3.8, 4) is 0 Å². The Bertz CT molecular complexity index is 525. The summed E-state index contributed by atoms with van der Waals surface area (Å²) in [6, 6.07) is 2.13. The highest BCUT2D eigenvalue weighted by Gasteiger charge is 2.28. The third-order valence-corrected chi connectivity index (χ3v) is 5.37. The van der Waals surface area contributed by atoms with Crippen molar-refractivity contribution < 1.29 is 4.79 Å². The Morgan fingerprint density at radius 2 is 1.78 bits per heavy atom. The predicted molar refractivity (Wildman–Crippen MR) is 91.3 cm³/mol. The lowest BCUT2D eigenvalue weighted by molar-refractivity contribution is -0.138. The summed E-state index contributed by atoms with van der Waals surface area (Å²) in [6.07, 6.45) is 6.00. The molecule has 2 heterocycles. The molecule has 0 bridgehead atoms. The van der Waals surface area contributed by atoms with Crippen molar-refractivity contribution in [1.82, 2.24) is 19.6 Å². The minimum atomic E-state index is 0.310. The molecule has 128 valence electrons. The molecule has 3 rings (SSSR count). The maximum Gasteiger partial charge on any atom is 0.225 e. The summed E-state index contributed by atoms with van der Waals surface area (Å²) in [7, 11) is 0. The molecule has 1 saturated carbocycles. The molecule has 23 heavy (non-hydrogen) atoms. The number of carbonyl (C=O) groups is 1. The molecule has 2 aliphatic rings.